The fraction of sp³-hybridized carbons (Fsp3) is 0.235. The summed E-state index contributed by atoms with van der Waals surface area (Å²) in [6.45, 7) is 2.36. The highest BCUT2D eigenvalue weighted by atomic mass is 32.1. The number of hydrogen-bond donors (Lipinski definition) is 2. The third-order valence-electron chi connectivity index (χ3n) is 3.08. The summed E-state index contributed by atoms with van der Waals surface area (Å²) in [7, 11) is 0. The van der Waals surface area contributed by atoms with E-state index < -0.39 is 0 Å². The van der Waals surface area contributed by atoms with Gasteiger partial charge < -0.3 is 10.4 Å². The topological polar surface area (TPSA) is 49.3 Å². The van der Waals surface area contributed by atoms with Crippen LogP contribution in [-0.2, 0) is 6.42 Å². The minimum Gasteiger partial charge on any atom is -0.384 e. The average Bonchev–Trinajstić information content (AvgIpc) is 2.99. The highest BCUT2D eigenvalue weighted by molar-refractivity contribution is 7.07. The Hall–Kier alpha value is -2.09. The molecule has 0 aliphatic carbocycles. The number of nitrogens with one attached hydrogen (secondary N) is 1. The Balaban J connectivity index is 1.98. The maximum Gasteiger partial charge on any atom is 0.251 e. The molecule has 2 aromatic rings. The van der Waals surface area contributed by atoms with E-state index in [2.05, 4.69) is 28.6 Å². The van der Waals surface area contributed by atoms with Crippen LogP contribution >= 0.6 is 11.3 Å². The summed E-state index contributed by atoms with van der Waals surface area (Å²) in [4.78, 5) is 12.1. The first kappa shape index (κ1) is 15.3. The smallest absolute Gasteiger partial charge is 0.251 e. The number of carbonyl (C=O) groups excluding carboxylic acids is 1. The number of amides is 1. The summed E-state index contributed by atoms with van der Waals surface area (Å²) < 4.78 is 0. The van der Waals surface area contributed by atoms with E-state index in [1.807, 2.05) is 18.4 Å². The molecule has 1 aromatic heterocycles. The van der Waals surface area contributed by atoms with Crippen LogP contribution < -0.4 is 5.32 Å². The number of aliphatic hydroxyl groups excluding tert-OH is 1. The summed E-state index contributed by atoms with van der Waals surface area (Å²) >= 11 is 1.66. The van der Waals surface area contributed by atoms with Crippen LogP contribution in [-0.4, -0.2) is 24.2 Å². The zero-order valence-corrected chi connectivity index (χ0v) is 12.7. The fourth-order valence-electron chi connectivity index (χ4n) is 1.89. The molecule has 1 amide bonds. The zero-order valence-electron chi connectivity index (χ0n) is 11.8. The monoisotopic (exact) mass is 299 g/mol. The van der Waals surface area contributed by atoms with Gasteiger partial charge in [-0.3, -0.25) is 4.79 Å². The van der Waals surface area contributed by atoms with Gasteiger partial charge in [-0.1, -0.05) is 17.9 Å². The second kappa shape index (κ2) is 7.63. The highest BCUT2D eigenvalue weighted by Gasteiger charge is 2.07. The van der Waals surface area contributed by atoms with E-state index in [1.165, 1.54) is 5.56 Å². The minimum atomic E-state index is -0.184. The molecule has 3 nitrogen and oxygen atoms in total. The molecule has 0 bridgehead atoms. The van der Waals surface area contributed by atoms with E-state index in [1.54, 1.807) is 23.5 Å². The van der Waals surface area contributed by atoms with Gasteiger partial charge >= 0.3 is 0 Å². The van der Waals surface area contributed by atoms with E-state index in [0.717, 1.165) is 17.5 Å². The maximum absolute atomic E-state index is 12.1. The number of hydrogen-bond acceptors (Lipinski definition) is 3. The second-order valence-corrected chi connectivity index (χ2v) is 5.41. The average molecular weight is 299 g/mol. The van der Waals surface area contributed by atoms with Gasteiger partial charge in [0.2, 0.25) is 0 Å². The Labute approximate surface area is 128 Å². The number of rotatable bonds is 4. The summed E-state index contributed by atoms with van der Waals surface area (Å²) in [5.41, 5.74) is 3.59. The first-order chi connectivity index (χ1) is 10.2. The molecule has 1 aromatic carbocycles. The van der Waals surface area contributed by atoms with Crippen molar-refractivity contribution in [2.75, 3.05) is 13.2 Å². The molecule has 0 aliphatic rings. The van der Waals surface area contributed by atoms with E-state index >= 15 is 0 Å². The fourth-order valence-corrected chi connectivity index (χ4v) is 2.59. The quantitative estimate of drug-likeness (QED) is 0.852. The molecule has 0 spiro atoms. The van der Waals surface area contributed by atoms with Gasteiger partial charge in [0.05, 0.1) is 0 Å². The number of aryl methyl sites for hydroxylation is 1. The van der Waals surface area contributed by atoms with Crippen LogP contribution in [0.4, 0.5) is 0 Å². The predicted molar refractivity (Wildman–Crippen MR) is 85.5 cm³/mol. The van der Waals surface area contributed by atoms with Gasteiger partial charge in [-0.15, -0.1) is 0 Å². The molecule has 0 saturated carbocycles. The molecule has 2 N–H and O–H groups in total. The van der Waals surface area contributed by atoms with Crippen LogP contribution in [0, 0.1) is 18.8 Å². The Morgan fingerprint density at radius 3 is 2.95 bits per heavy atom. The first-order valence-corrected chi connectivity index (χ1v) is 7.64. The van der Waals surface area contributed by atoms with Crippen molar-refractivity contribution in [3.8, 4) is 11.8 Å². The van der Waals surface area contributed by atoms with E-state index in [9.17, 15) is 4.79 Å². The normalized spacial score (nSPS) is 9.81. The lowest BCUT2D eigenvalue weighted by atomic mass is 10.0. The van der Waals surface area contributed by atoms with Crippen molar-refractivity contribution >= 4 is 17.2 Å². The van der Waals surface area contributed by atoms with Gasteiger partial charge in [0.15, 0.2) is 0 Å². The van der Waals surface area contributed by atoms with Crippen molar-refractivity contribution in [3.63, 3.8) is 0 Å². The summed E-state index contributed by atoms with van der Waals surface area (Å²) in [6.07, 6.45) is 0.832. The van der Waals surface area contributed by atoms with E-state index in [0.29, 0.717) is 12.1 Å². The molecule has 108 valence electrons. The minimum absolute atomic E-state index is 0.0997. The summed E-state index contributed by atoms with van der Waals surface area (Å²) in [5.74, 6) is 5.37. The molecule has 0 aliphatic heterocycles. The molecule has 2 rings (SSSR count). The zero-order chi connectivity index (χ0) is 15.1. The van der Waals surface area contributed by atoms with Gasteiger partial charge in [0.25, 0.3) is 5.91 Å². The van der Waals surface area contributed by atoms with Crippen LogP contribution in [0.5, 0.6) is 0 Å². The lowest BCUT2D eigenvalue weighted by molar-refractivity contribution is 0.0954. The highest BCUT2D eigenvalue weighted by Crippen LogP contribution is 2.10. The van der Waals surface area contributed by atoms with E-state index in [4.69, 9.17) is 5.11 Å². The SMILES string of the molecule is Cc1ccc(C(=O)NCCc2ccsc2)cc1C#CCO. The Bertz CT molecular complexity index is 666. The second-order valence-electron chi connectivity index (χ2n) is 4.63. The summed E-state index contributed by atoms with van der Waals surface area (Å²) in [5, 5.41) is 15.8. The van der Waals surface area contributed by atoms with Crippen molar-refractivity contribution in [1.29, 1.82) is 0 Å². The van der Waals surface area contributed by atoms with Crippen molar-refractivity contribution in [2.45, 2.75) is 13.3 Å². The first-order valence-electron chi connectivity index (χ1n) is 6.70. The van der Waals surface area contributed by atoms with Crippen LogP contribution in [0.2, 0.25) is 0 Å². The molecule has 0 unspecified atom stereocenters. The summed E-state index contributed by atoms with van der Waals surface area (Å²) in [6, 6.07) is 7.48. The van der Waals surface area contributed by atoms with Crippen LogP contribution in [0.1, 0.15) is 27.0 Å². The van der Waals surface area contributed by atoms with Crippen molar-refractivity contribution in [2.24, 2.45) is 0 Å². The molecule has 0 atom stereocenters. The Morgan fingerprint density at radius 2 is 2.24 bits per heavy atom. The molecule has 1 heterocycles. The van der Waals surface area contributed by atoms with Gasteiger partial charge in [0, 0.05) is 17.7 Å². The molecule has 0 radical (unpaired) electrons. The molecular formula is C17H17NO2S. The standard InChI is InChI=1S/C17H17NO2S/c1-13-4-5-16(11-15(13)3-2-9-19)17(20)18-8-6-14-7-10-21-12-14/h4-5,7,10-12,19H,6,8-9H2,1H3,(H,18,20). The number of benzene rings is 1. The number of carbonyl (C=O) groups is 1. The third kappa shape index (κ3) is 4.45. The molecular weight excluding hydrogens is 282 g/mol. The molecule has 4 heteroatoms. The van der Waals surface area contributed by atoms with Gasteiger partial charge in [-0.25, -0.2) is 0 Å². The largest absolute Gasteiger partial charge is 0.384 e. The van der Waals surface area contributed by atoms with E-state index in [-0.39, 0.29) is 12.5 Å². The van der Waals surface area contributed by atoms with Gasteiger partial charge in [-0.05, 0) is 53.4 Å². The predicted octanol–water partition coefficient (Wildman–Crippen LogP) is 2.37. The Kier molecular flexibility index (Phi) is 5.56. The van der Waals surface area contributed by atoms with Gasteiger partial charge in [-0.2, -0.15) is 11.3 Å². The lowest BCUT2D eigenvalue weighted by Gasteiger charge is -2.06. The van der Waals surface area contributed by atoms with Crippen molar-refractivity contribution < 1.29 is 9.90 Å². The lowest BCUT2D eigenvalue weighted by Crippen LogP contribution is -2.25. The molecule has 0 fully saturated rings. The number of thiophene rings is 1. The number of aliphatic hydroxyl groups is 1. The molecule has 21 heavy (non-hydrogen) atoms. The molecule has 0 saturated heterocycles. The van der Waals surface area contributed by atoms with Gasteiger partial charge in [0.1, 0.15) is 6.61 Å². The Morgan fingerprint density at radius 1 is 1.38 bits per heavy atom. The van der Waals surface area contributed by atoms with Crippen molar-refractivity contribution in [3.05, 3.63) is 57.3 Å². The van der Waals surface area contributed by atoms with Crippen molar-refractivity contribution in [1.82, 2.24) is 5.32 Å². The maximum atomic E-state index is 12.1. The third-order valence-corrected chi connectivity index (χ3v) is 3.81. The van der Waals surface area contributed by atoms with Crippen LogP contribution in [0.3, 0.4) is 0 Å². The van der Waals surface area contributed by atoms with Crippen LogP contribution in [0.25, 0.3) is 0 Å². The van der Waals surface area contributed by atoms with Crippen LogP contribution in [0.15, 0.2) is 35.0 Å².